The second-order valence-electron chi connectivity index (χ2n) is 7.06. The average Bonchev–Trinajstić information content (AvgIpc) is 3.14. The molecule has 1 heterocycles. The van der Waals surface area contributed by atoms with Gasteiger partial charge in [-0.3, -0.25) is 0 Å². The zero-order valence-electron chi connectivity index (χ0n) is 16.4. The quantitative estimate of drug-likeness (QED) is 0.478. The molecule has 0 saturated heterocycles. The van der Waals surface area contributed by atoms with Gasteiger partial charge in [-0.25, -0.2) is 0 Å². The zero-order valence-corrected chi connectivity index (χ0v) is 18.0. The Morgan fingerprint density at radius 3 is 2.20 bits per heavy atom. The highest BCUT2D eigenvalue weighted by Gasteiger charge is 2.46. The molecule has 2 nitrogen and oxygen atoms in total. The number of rotatable bonds is 4. The molecule has 0 saturated carbocycles. The number of anilines is 1. The standard InChI is InChI=1S/C16H14F3N.C8H10BrN/c17-16(18,19)15(13-7-2-1-3-8-13)20-11-10-12-6-4-5-9-14(12)20;9-8-4-2-1-3-7(8)5-6-10/h1-9,15H,10-11H2;1-4H,5-6,10H2. The van der Waals surface area contributed by atoms with Gasteiger partial charge in [-0.15, -0.1) is 0 Å². The van der Waals surface area contributed by atoms with Gasteiger partial charge < -0.3 is 10.6 Å². The molecule has 0 aromatic heterocycles. The first-order valence-electron chi connectivity index (χ1n) is 9.81. The summed E-state index contributed by atoms with van der Waals surface area (Å²) in [4.78, 5) is 1.46. The molecule has 0 aliphatic carbocycles. The summed E-state index contributed by atoms with van der Waals surface area (Å²) in [7, 11) is 0. The molecular formula is C24H24BrF3N2. The summed E-state index contributed by atoms with van der Waals surface area (Å²) in [6.45, 7) is 1.11. The lowest BCUT2D eigenvalue weighted by atomic mass is 10.0. The number of para-hydroxylation sites is 1. The van der Waals surface area contributed by atoms with Crippen LogP contribution in [0.5, 0.6) is 0 Å². The lowest BCUT2D eigenvalue weighted by Gasteiger charge is -2.32. The van der Waals surface area contributed by atoms with E-state index in [1.807, 2.05) is 30.3 Å². The van der Waals surface area contributed by atoms with Crippen molar-refractivity contribution in [2.75, 3.05) is 18.0 Å². The van der Waals surface area contributed by atoms with Gasteiger partial charge in [-0.2, -0.15) is 13.2 Å². The number of alkyl halides is 3. The highest BCUT2D eigenvalue weighted by atomic mass is 79.9. The number of halogens is 4. The van der Waals surface area contributed by atoms with E-state index in [1.165, 1.54) is 10.5 Å². The molecule has 2 N–H and O–H groups in total. The molecule has 0 bridgehead atoms. The third-order valence-electron chi connectivity index (χ3n) is 5.03. The van der Waals surface area contributed by atoms with Crippen molar-refractivity contribution < 1.29 is 13.2 Å². The van der Waals surface area contributed by atoms with Gasteiger partial charge in [0, 0.05) is 16.7 Å². The van der Waals surface area contributed by atoms with Crippen molar-refractivity contribution in [3.8, 4) is 0 Å². The number of hydrogen-bond donors (Lipinski definition) is 1. The van der Waals surface area contributed by atoms with Crippen LogP contribution in [0.25, 0.3) is 0 Å². The maximum absolute atomic E-state index is 13.5. The topological polar surface area (TPSA) is 29.3 Å². The van der Waals surface area contributed by atoms with Crippen molar-refractivity contribution in [2.24, 2.45) is 5.73 Å². The van der Waals surface area contributed by atoms with E-state index in [-0.39, 0.29) is 5.56 Å². The van der Waals surface area contributed by atoms with E-state index in [2.05, 4.69) is 22.0 Å². The minimum Gasteiger partial charge on any atom is -0.356 e. The number of fused-ring (bicyclic) bond motifs is 1. The first-order chi connectivity index (χ1) is 14.4. The van der Waals surface area contributed by atoms with Crippen molar-refractivity contribution in [3.63, 3.8) is 0 Å². The molecule has 1 aliphatic heterocycles. The highest BCUT2D eigenvalue weighted by Crippen LogP contribution is 2.43. The Labute approximate surface area is 183 Å². The third kappa shape index (κ3) is 5.43. The fraction of sp³-hybridized carbons (Fsp3) is 0.250. The van der Waals surface area contributed by atoms with Crippen LogP contribution in [-0.4, -0.2) is 19.3 Å². The van der Waals surface area contributed by atoms with Gasteiger partial charge in [0.25, 0.3) is 0 Å². The molecule has 1 unspecified atom stereocenters. The van der Waals surface area contributed by atoms with Crippen molar-refractivity contribution in [3.05, 3.63) is 100 Å². The van der Waals surface area contributed by atoms with E-state index in [0.717, 1.165) is 16.5 Å². The smallest absolute Gasteiger partial charge is 0.356 e. The first kappa shape index (κ1) is 22.4. The third-order valence-corrected chi connectivity index (χ3v) is 5.81. The van der Waals surface area contributed by atoms with Gasteiger partial charge in [0.05, 0.1) is 0 Å². The Bertz CT molecular complexity index is 944. The van der Waals surface area contributed by atoms with Gasteiger partial charge in [-0.1, -0.05) is 82.7 Å². The van der Waals surface area contributed by atoms with Crippen LogP contribution in [0.2, 0.25) is 0 Å². The summed E-state index contributed by atoms with van der Waals surface area (Å²) in [5, 5.41) is 0. The molecule has 3 aromatic rings. The second kappa shape index (κ2) is 10.1. The maximum Gasteiger partial charge on any atom is 0.412 e. The molecule has 1 atom stereocenters. The number of nitrogens with two attached hydrogens (primary N) is 1. The van der Waals surface area contributed by atoms with Gasteiger partial charge in [0.15, 0.2) is 6.04 Å². The number of nitrogens with zero attached hydrogens (tertiary/aromatic N) is 1. The van der Waals surface area contributed by atoms with E-state index in [4.69, 9.17) is 5.73 Å². The summed E-state index contributed by atoms with van der Waals surface area (Å²) in [5.74, 6) is 0. The molecular weight excluding hydrogens is 453 g/mol. The van der Waals surface area contributed by atoms with Crippen LogP contribution in [0.1, 0.15) is 22.7 Å². The summed E-state index contributed by atoms with van der Waals surface area (Å²) in [5.41, 5.74) is 8.66. The van der Waals surface area contributed by atoms with Crippen molar-refractivity contribution in [2.45, 2.75) is 25.1 Å². The maximum atomic E-state index is 13.5. The van der Waals surface area contributed by atoms with Crippen LogP contribution >= 0.6 is 15.9 Å². The zero-order chi connectivity index (χ0) is 21.6. The molecule has 30 heavy (non-hydrogen) atoms. The molecule has 1 aliphatic rings. The fourth-order valence-corrected chi connectivity index (χ4v) is 4.15. The molecule has 158 valence electrons. The van der Waals surface area contributed by atoms with E-state index in [9.17, 15) is 13.2 Å². The van der Waals surface area contributed by atoms with E-state index < -0.39 is 12.2 Å². The van der Waals surface area contributed by atoms with Crippen molar-refractivity contribution in [1.29, 1.82) is 0 Å². The van der Waals surface area contributed by atoms with Gasteiger partial charge in [-0.05, 0) is 48.2 Å². The Hall–Kier alpha value is -2.31. The van der Waals surface area contributed by atoms with Crippen molar-refractivity contribution >= 4 is 21.6 Å². The normalized spacial score (nSPS) is 14.0. The Balaban J connectivity index is 0.000000216. The predicted octanol–water partition coefficient (Wildman–Crippen LogP) is 6.30. The van der Waals surface area contributed by atoms with Crippen LogP contribution < -0.4 is 10.6 Å². The molecule has 0 fully saturated rings. The Morgan fingerprint density at radius 2 is 1.53 bits per heavy atom. The lowest BCUT2D eigenvalue weighted by molar-refractivity contribution is -0.150. The lowest BCUT2D eigenvalue weighted by Crippen LogP contribution is -2.37. The summed E-state index contributed by atoms with van der Waals surface area (Å²) >= 11 is 3.44. The monoisotopic (exact) mass is 476 g/mol. The van der Waals surface area contributed by atoms with E-state index >= 15 is 0 Å². The van der Waals surface area contributed by atoms with Crippen LogP contribution in [0.3, 0.4) is 0 Å². The molecule has 0 amide bonds. The Kier molecular flexibility index (Phi) is 7.56. The largest absolute Gasteiger partial charge is 0.412 e. The van der Waals surface area contributed by atoms with E-state index in [0.29, 0.717) is 25.2 Å². The SMILES string of the molecule is FC(F)(F)C(c1ccccc1)N1CCc2ccccc21.NCCc1ccccc1Br. The van der Waals surface area contributed by atoms with Crippen LogP contribution in [0.4, 0.5) is 18.9 Å². The predicted molar refractivity (Wildman–Crippen MR) is 120 cm³/mol. The highest BCUT2D eigenvalue weighted by molar-refractivity contribution is 9.10. The summed E-state index contributed by atoms with van der Waals surface area (Å²) < 4.78 is 41.7. The summed E-state index contributed by atoms with van der Waals surface area (Å²) in [6, 6.07) is 22.0. The summed E-state index contributed by atoms with van der Waals surface area (Å²) in [6.07, 6.45) is -2.68. The minimum atomic E-state index is -4.29. The van der Waals surface area contributed by atoms with Gasteiger partial charge in [0.1, 0.15) is 0 Å². The molecule has 0 radical (unpaired) electrons. The van der Waals surface area contributed by atoms with Gasteiger partial charge >= 0.3 is 6.18 Å². The molecule has 4 rings (SSSR count). The Morgan fingerprint density at radius 1 is 0.900 bits per heavy atom. The number of hydrogen-bond acceptors (Lipinski definition) is 2. The molecule has 0 spiro atoms. The van der Waals surface area contributed by atoms with Gasteiger partial charge in [0.2, 0.25) is 0 Å². The first-order valence-corrected chi connectivity index (χ1v) is 10.6. The van der Waals surface area contributed by atoms with Crippen LogP contribution in [0, 0.1) is 0 Å². The second-order valence-corrected chi connectivity index (χ2v) is 7.91. The minimum absolute atomic E-state index is 0.289. The number of benzene rings is 3. The van der Waals surface area contributed by atoms with E-state index in [1.54, 1.807) is 42.5 Å². The van der Waals surface area contributed by atoms with Crippen molar-refractivity contribution in [1.82, 2.24) is 0 Å². The van der Waals surface area contributed by atoms with Crippen LogP contribution in [-0.2, 0) is 12.8 Å². The molecule has 6 heteroatoms. The average molecular weight is 477 g/mol. The fourth-order valence-electron chi connectivity index (χ4n) is 3.67. The molecule has 3 aromatic carbocycles. The van der Waals surface area contributed by atoms with Crippen LogP contribution in [0.15, 0.2) is 83.3 Å².